The third kappa shape index (κ3) is 1.87. The van der Waals surface area contributed by atoms with Crippen LogP contribution in [0.15, 0.2) is 28.7 Å². The topological polar surface area (TPSA) is 0 Å². The SMILES string of the molecule is Brc1ccc([C@H]2CC[C@H](C3C4CC43)CC2)cc1. The van der Waals surface area contributed by atoms with Crippen LogP contribution >= 0.6 is 15.9 Å². The minimum Gasteiger partial charge on any atom is -0.0576 e. The first-order valence-electron chi connectivity index (χ1n) is 7.08. The summed E-state index contributed by atoms with van der Waals surface area (Å²) < 4.78 is 1.20. The van der Waals surface area contributed by atoms with Crippen LogP contribution in [0, 0.1) is 23.7 Å². The fraction of sp³-hybridized carbons (Fsp3) is 0.625. The van der Waals surface area contributed by atoms with Gasteiger partial charge in [0.05, 0.1) is 0 Å². The molecule has 1 heteroatoms. The van der Waals surface area contributed by atoms with Crippen LogP contribution < -0.4 is 0 Å². The molecule has 0 saturated heterocycles. The monoisotopic (exact) mass is 290 g/mol. The van der Waals surface area contributed by atoms with Crippen molar-refractivity contribution in [3.05, 3.63) is 34.3 Å². The van der Waals surface area contributed by atoms with Crippen molar-refractivity contribution in [2.45, 2.75) is 38.0 Å². The van der Waals surface area contributed by atoms with E-state index < -0.39 is 0 Å². The van der Waals surface area contributed by atoms with Gasteiger partial charge in [-0.15, -0.1) is 0 Å². The van der Waals surface area contributed by atoms with Crippen LogP contribution in [0.1, 0.15) is 43.6 Å². The van der Waals surface area contributed by atoms with Crippen LogP contribution in [0.2, 0.25) is 0 Å². The fourth-order valence-electron chi connectivity index (χ4n) is 4.10. The maximum atomic E-state index is 3.52. The fourth-order valence-corrected chi connectivity index (χ4v) is 4.36. The molecule has 0 spiro atoms. The number of hydrogen-bond acceptors (Lipinski definition) is 0. The van der Waals surface area contributed by atoms with E-state index in [2.05, 4.69) is 40.2 Å². The summed E-state index contributed by atoms with van der Waals surface area (Å²) in [5.74, 6) is 5.52. The summed E-state index contributed by atoms with van der Waals surface area (Å²) in [5, 5.41) is 0. The van der Waals surface area contributed by atoms with E-state index in [1.807, 2.05) is 0 Å². The van der Waals surface area contributed by atoms with E-state index in [0.29, 0.717) is 0 Å². The van der Waals surface area contributed by atoms with E-state index in [1.54, 1.807) is 12.0 Å². The average Bonchev–Trinajstić information content (AvgIpc) is 3.22. The standard InChI is InChI=1S/C16H19Br/c17-13-7-5-11(6-8-13)10-1-3-12(4-2-10)16-14-9-15(14)16/h5-8,10,12,14-16H,1-4,9H2/t10-,12-,14?,15?,16?. The van der Waals surface area contributed by atoms with E-state index in [9.17, 15) is 0 Å². The maximum absolute atomic E-state index is 3.52. The number of benzene rings is 1. The third-order valence-electron chi connectivity index (χ3n) is 5.40. The van der Waals surface area contributed by atoms with Crippen LogP contribution in [0.25, 0.3) is 0 Å². The largest absolute Gasteiger partial charge is 0.0576 e. The zero-order valence-electron chi connectivity index (χ0n) is 10.1. The highest BCUT2D eigenvalue weighted by atomic mass is 79.9. The first kappa shape index (κ1) is 10.6. The van der Waals surface area contributed by atoms with Crippen molar-refractivity contribution in [2.75, 3.05) is 0 Å². The van der Waals surface area contributed by atoms with Gasteiger partial charge in [0.15, 0.2) is 0 Å². The lowest BCUT2D eigenvalue weighted by Gasteiger charge is -2.30. The third-order valence-corrected chi connectivity index (χ3v) is 5.93. The molecule has 1 aromatic rings. The molecule has 0 radical (unpaired) electrons. The highest BCUT2D eigenvalue weighted by Gasteiger charge is 2.66. The molecular weight excluding hydrogens is 272 g/mol. The molecule has 0 aromatic heterocycles. The Labute approximate surface area is 112 Å². The van der Waals surface area contributed by atoms with Crippen molar-refractivity contribution in [1.29, 1.82) is 0 Å². The summed E-state index contributed by atoms with van der Waals surface area (Å²) in [6.07, 6.45) is 7.44. The Morgan fingerprint density at radius 3 is 2.06 bits per heavy atom. The molecule has 3 aliphatic carbocycles. The summed E-state index contributed by atoms with van der Waals surface area (Å²) in [6.45, 7) is 0. The van der Waals surface area contributed by atoms with Gasteiger partial charge in [-0.3, -0.25) is 0 Å². The van der Waals surface area contributed by atoms with Gasteiger partial charge in [-0.05, 0) is 79.4 Å². The second-order valence-electron chi connectivity index (χ2n) is 6.30. The van der Waals surface area contributed by atoms with Crippen LogP contribution in [-0.4, -0.2) is 0 Å². The average molecular weight is 291 g/mol. The first-order valence-corrected chi connectivity index (χ1v) is 7.87. The molecule has 2 unspecified atom stereocenters. The van der Waals surface area contributed by atoms with Gasteiger partial charge in [-0.2, -0.15) is 0 Å². The molecule has 0 aliphatic heterocycles. The molecule has 0 bridgehead atoms. The molecular formula is C16H19Br. The Morgan fingerprint density at radius 1 is 0.882 bits per heavy atom. The Morgan fingerprint density at radius 2 is 1.53 bits per heavy atom. The molecule has 2 atom stereocenters. The molecule has 3 fully saturated rings. The van der Waals surface area contributed by atoms with Crippen molar-refractivity contribution in [1.82, 2.24) is 0 Å². The Hall–Kier alpha value is -0.300. The molecule has 0 heterocycles. The van der Waals surface area contributed by atoms with E-state index in [1.165, 1.54) is 47.9 Å². The normalized spacial score (nSPS) is 43.0. The van der Waals surface area contributed by atoms with Gasteiger partial charge in [-0.25, -0.2) is 0 Å². The number of fused-ring (bicyclic) bond motifs is 1. The van der Waals surface area contributed by atoms with Gasteiger partial charge in [0.25, 0.3) is 0 Å². The molecule has 4 rings (SSSR count). The van der Waals surface area contributed by atoms with E-state index in [4.69, 9.17) is 0 Å². The number of rotatable bonds is 2. The molecule has 0 amide bonds. The van der Waals surface area contributed by atoms with Crippen molar-refractivity contribution >= 4 is 15.9 Å². The Bertz CT molecular complexity index is 406. The zero-order chi connectivity index (χ0) is 11.4. The lowest BCUT2D eigenvalue weighted by molar-refractivity contribution is 0.261. The molecule has 3 aliphatic rings. The Kier molecular flexibility index (Phi) is 2.40. The van der Waals surface area contributed by atoms with Gasteiger partial charge >= 0.3 is 0 Å². The smallest absolute Gasteiger partial charge is 0.0175 e. The summed E-state index contributed by atoms with van der Waals surface area (Å²) in [6, 6.07) is 9.00. The maximum Gasteiger partial charge on any atom is 0.0175 e. The van der Waals surface area contributed by atoms with Crippen LogP contribution in [0.3, 0.4) is 0 Å². The van der Waals surface area contributed by atoms with Gasteiger partial charge in [0.1, 0.15) is 0 Å². The minimum atomic E-state index is 0.842. The zero-order valence-corrected chi connectivity index (χ0v) is 11.7. The van der Waals surface area contributed by atoms with Gasteiger partial charge in [-0.1, -0.05) is 28.1 Å². The summed E-state index contributed by atoms with van der Waals surface area (Å²) in [4.78, 5) is 0. The van der Waals surface area contributed by atoms with Crippen LogP contribution in [0.5, 0.6) is 0 Å². The minimum absolute atomic E-state index is 0.842. The van der Waals surface area contributed by atoms with E-state index in [-0.39, 0.29) is 0 Å². The van der Waals surface area contributed by atoms with Crippen molar-refractivity contribution in [3.63, 3.8) is 0 Å². The van der Waals surface area contributed by atoms with Crippen LogP contribution in [-0.2, 0) is 0 Å². The lowest BCUT2D eigenvalue weighted by Crippen LogP contribution is -2.17. The van der Waals surface area contributed by atoms with Crippen molar-refractivity contribution in [3.8, 4) is 0 Å². The van der Waals surface area contributed by atoms with Crippen molar-refractivity contribution in [2.24, 2.45) is 23.7 Å². The molecule has 17 heavy (non-hydrogen) atoms. The summed E-state index contributed by atoms with van der Waals surface area (Å²) >= 11 is 3.52. The summed E-state index contributed by atoms with van der Waals surface area (Å²) in [5.41, 5.74) is 1.56. The predicted octanol–water partition coefficient (Wildman–Crippen LogP) is 4.99. The number of halogens is 1. The second kappa shape index (κ2) is 3.85. The van der Waals surface area contributed by atoms with E-state index >= 15 is 0 Å². The Balaban J connectivity index is 1.39. The molecule has 1 aromatic carbocycles. The van der Waals surface area contributed by atoms with Gasteiger partial charge in [0.2, 0.25) is 0 Å². The second-order valence-corrected chi connectivity index (χ2v) is 7.22. The molecule has 3 saturated carbocycles. The van der Waals surface area contributed by atoms with Crippen LogP contribution in [0.4, 0.5) is 0 Å². The van der Waals surface area contributed by atoms with Gasteiger partial charge < -0.3 is 0 Å². The lowest BCUT2D eigenvalue weighted by atomic mass is 9.75. The molecule has 0 nitrogen and oxygen atoms in total. The van der Waals surface area contributed by atoms with Gasteiger partial charge in [0, 0.05) is 4.47 Å². The first-order chi connectivity index (χ1) is 8.33. The summed E-state index contributed by atoms with van der Waals surface area (Å²) in [7, 11) is 0. The highest BCUT2D eigenvalue weighted by molar-refractivity contribution is 9.10. The van der Waals surface area contributed by atoms with E-state index in [0.717, 1.165) is 11.8 Å². The van der Waals surface area contributed by atoms with Crippen molar-refractivity contribution < 1.29 is 0 Å². The predicted molar refractivity (Wildman–Crippen MR) is 73.9 cm³/mol. The molecule has 0 N–H and O–H groups in total. The molecule has 90 valence electrons. The number of hydrogen-bond donors (Lipinski definition) is 0. The quantitative estimate of drug-likeness (QED) is 0.720. The highest BCUT2D eigenvalue weighted by Crippen LogP contribution is 2.72.